The standard InChI is InChI=1S/C19H24ClN3O3S2/c1-21(28(2,25)26)14-19(24)23-10-8-22(9-11-23)13-17-6-7-18(27-17)15-4-3-5-16(20)12-15/h3-7,12H,8-11,13-14H2,1-2H3. The van der Waals surface area contributed by atoms with Crippen molar-refractivity contribution in [1.29, 1.82) is 0 Å². The lowest BCUT2D eigenvalue weighted by Crippen LogP contribution is -2.50. The number of hydrogen-bond donors (Lipinski definition) is 0. The highest BCUT2D eigenvalue weighted by Crippen LogP contribution is 2.30. The van der Waals surface area contributed by atoms with Gasteiger partial charge in [-0.05, 0) is 29.8 Å². The molecule has 0 aliphatic carbocycles. The molecular weight excluding hydrogens is 418 g/mol. The number of halogens is 1. The van der Waals surface area contributed by atoms with Crippen LogP contribution in [0.5, 0.6) is 0 Å². The van der Waals surface area contributed by atoms with E-state index in [4.69, 9.17) is 11.6 Å². The third-order valence-electron chi connectivity index (χ3n) is 4.80. The van der Waals surface area contributed by atoms with Crippen LogP contribution in [0.15, 0.2) is 36.4 Å². The number of piperazine rings is 1. The minimum Gasteiger partial charge on any atom is -0.339 e. The van der Waals surface area contributed by atoms with Crippen LogP contribution < -0.4 is 0 Å². The van der Waals surface area contributed by atoms with E-state index in [1.165, 1.54) is 16.8 Å². The van der Waals surface area contributed by atoms with Crippen LogP contribution in [0.3, 0.4) is 0 Å². The number of benzene rings is 1. The molecule has 2 aromatic rings. The molecular formula is C19H24ClN3O3S2. The van der Waals surface area contributed by atoms with E-state index >= 15 is 0 Å². The minimum atomic E-state index is -3.34. The van der Waals surface area contributed by atoms with Gasteiger partial charge in [-0.2, -0.15) is 4.31 Å². The molecule has 0 atom stereocenters. The Morgan fingerprint density at radius 3 is 2.54 bits per heavy atom. The summed E-state index contributed by atoms with van der Waals surface area (Å²) in [7, 11) is -1.91. The van der Waals surface area contributed by atoms with Crippen molar-refractivity contribution in [3.8, 4) is 10.4 Å². The van der Waals surface area contributed by atoms with Crippen LogP contribution in [0, 0.1) is 0 Å². The fourth-order valence-electron chi connectivity index (χ4n) is 3.04. The molecule has 0 bridgehead atoms. The zero-order valence-electron chi connectivity index (χ0n) is 16.0. The molecule has 0 N–H and O–H groups in total. The van der Waals surface area contributed by atoms with Crippen molar-refractivity contribution in [2.24, 2.45) is 0 Å². The number of carbonyl (C=O) groups is 1. The van der Waals surface area contributed by atoms with Gasteiger partial charge in [-0.25, -0.2) is 8.42 Å². The summed E-state index contributed by atoms with van der Waals surface area (Å²) in [5.74, 6) is -0.146. The van der Waals surface area contributed by atoms with Gasteiger partial charge in [0.1, 0.15) is 0 Å². The molecule has 0 radical (unpaired) electrons. The van der Waals surface area contributed by atoms with Crippen LogP contribution in [0.4, 0.5) is 0 Å². The smallest absolute Gasteiger partial charge is 0.237 e. The van der Waals surface area contributed by atoms with Gasteiger partial charge in [-0.3, -0.25) is 9.69 Å². The van der Waals surface area contributed by atoms with Gasteiger partial charge in [0.15, 0.2) is 0 Å². The highest BCUT2D eigenvalue weighted by Gasteiger charge is 2.24. The van der Waals surface area contributed by atoms with Gasteiger partial charge in [-0.1, -0.05) is 23.7 Å². The molecule has 1 aliphatic rings. The molecule has 0 spiro atoms. The Bertz CT molecular complexity index is 937. The number of amides is 1. The molecule has 1 fully saturated rings. The maximum absolute atomic E-state index is 12.3. The van der Waals surface area contributed by atoms with Gasteiger partial charge in [-0.15, -0.1) is 11.3 Å². The van der Waals surface area contributed by atoms with Crippen molar-refractivity contribution in [3.05, 3.63) is 46.3 Å². The Morgan fingerprint density at radius 2 is 1.89 bits per heavy atom. The molecule has 1 aromatic carbocycles. The summed E-state index contributed by atoms with van der Waals surface area (Å²) in [4.78, 5) is 18.8. The van der Waals surface area contributed by atoms with E-state index in [0.717, 1.165) is 40.8 Å². The Balaban J connectivity index is 1.52. The maximum atomic E-state index is 12.3. The van der Waals surface area contributed by atoms with Crippen molar-refractivity contribution in [2.75, 3.05) is 46.0 Å². The average Bonchev–Trinajstić information content (AvgIpc) is 3.10. The summed E-state index contributed by atoms with van der Waals surface area (Å²) < 4.78 is 24.0. The van der Waals surface area contributed by atoms with Gasteiger partial charge in [0.05, 0.1) is 12.8 Å². The monoisotopic (exact) mass is 441 g/mol. The Hall–Kier alpha value is -1.45. The van der Waals surface area contributed by atoms with E-state index in [9.17, 15) is 13.2 Å². The number of sulfonamides is 1. The lowest BCUT2D eigenvalue weighted by molar-refractivity contribution is -0.133. The molecule has 1 saturated heterocycles. The Labute approximate surface area is 175 Å². The summed E-state index contributed by atoms with van der Waals surface area (Å²) in [6.07, 6.45) is 1.11. The third-order valence-corrected chi connectivity index (χ3v) is 7.41. The van der Waals surface area contributed by atoms with Crippen molar-refractivity contribution < 1.29 is 13.2 Å². The number of carbonyl (C=O) groups excluding carboxylic acids is 1. The van der Waals surface area contributed by atoms with Crippen LogP contribution in [-0.4, -0.2) is 74.5 Å². The fourth-order valence-corrected chi connectivity index (χ4v) is 4.63. The van der Waals surface area contributed by atoms with Crippen LogP contribution in [-0.2, 0) is 21.4 Å². The molecule has 1 amide bonds. The summed E-state index contributed by atoms with van der Waals surface area (Å²) in [5.41, 5.74) is 1.12. The zero-order valence-corrected chi connectivity index (χ0v) is 18.4. The molecule has 6 nitrogen and oxygen atoms in total. The highest BCUT2D eigenvalue weighted by atomic mass is 35.5. The molecule has 152 valence electrons. The van der Waals surface area contributed by atoms with E-state index in [1.807, 2.05) is 18.2 Å². The fraction of sp³-hybridized carbons (Fsp3) is 0.421. The van der Waals surface area contributed by atoms with Gasteiger partial charge in [0.25, 0.3) is 0 Å². The first kappa shape index (κ1) is 21.3. The minimum absolute atomic E-state index is 0.104. The largest absolute Gasteiger partial charge is 0.339 e. The summed E-state index contributed by atoms with van der Waals surface area (Å²) in [6, 6.07) is 12.1. The van der Waals surface area contributed by atoms with Crippen molar-refractivity contribution in [1.82, 2.24) is 14.1 Å². The van der Waals surface area contributed by atoms with E-state index in [0.29, 0.717) is 13.1 Å². The molecule has 28 heavy (non-hydrogen) atoms. The Morgan fingerprint density at radius 1 is 1.18 bits per heavy atom. The van der Waals surface area contributed by atoms with Crippen molar-refractivity contribution in [3.63, 3.8) is 0 Å². The second-order valence-electron chi connectivity index (χ2n) is 6.95. The highest BCUT2D eigenvalue weighted by molar-refractivity contribution is 7.88. The number of thiophene rings is 1. The number of rotatable bonds is 6. The van der Waals surface area contributed by atoms with Gasteiger partial charge >= 0.3 is 0 Å². The number of nitrogens with zero attached hydrogens (tertiary/aromatic N) is 3. The zero-order chi connectivity index (χ0) is 20.3. The summed E-state index contributed by atoms with van der Waals surface area (Å²) in [6.45, 7) is 3.52. The second-order valence-corrected chi connectivity index (χ2v) is 10.6. The van der Waals surface area contributed by atoms with Gasteiger partial charge in [0, 0.05) is 54.5 Å². The lowest BCUT2D eigenvalue weighted by atomic mass is 10.2. The van der Waals surface area contributed by atoms with Gasteiger partial charge < -0.3 is 4.90 Å². The topological polar surface area (TPSA) is 60.9 Å². The average molecular weight is 442 g/mol. The number of hydrogen-bond acceptors (Lipinski definition) is 5. The van der Waals surface area contributed by atoms with Gasteiger partial charge in [0.2, 0.25) is 15.9 Å². The summed E-state index contributed by atoms with van der Waals surface area (Å²) in [5, 5.41) is 0.731. The van der Waals surface area contributed by atoms with Crippen LogP contribution in [0.1, 0.15) is 4.88 Å². The molecule has 1 aliphatic heterocycles. The molecule has 1 aromatic heterocycles. The predicted octanol–water partition coefficient (Wildman–Crippen LogP) is 2.60. The maximum Gasteiger partial charge on any atom is 0.237 e. The molecule has 2 heterocycles. The van der Waals surface area contributed by atoms with Crippen LogP contribution in [0.25, 0.3) is 10.4 Å². The third kappa shape index (κ3) is 5.55. The quantitative estimate of drug-likeness (QED) is 0.691. The second kappa shape index (κ2) is 8.92. The molecule has 0 unspecified atom stereocenters. The van der Waals surface area contributed by atoms with Crippen LogP contribution in [0.2, 0.25) is 5.02 Å². The normalized spacial score (nSPS) is 15.9. The summed E-state index contributed by atoms with van der Waals surface area (Å²) >= 11 is 7.83. The van der Waals surface area contributed by atoms with E-state index in [1.54, 1.807) is 16.2 Å². The van der Waals surface area contributed by atoms with Crippen molar-refractivity contribution in [2.45, 2.75) is 6.54 Å². The van der Waals surface area contributed by atoms with Crippen molar-refractivity contribution >= 4 is 38.9 Å². The first-order chi connectivity index (χ1) is 13.2. The molecule has 0 saturated carbocycles. The van der Waals surface area contributed by atoms with Crippen LogP contribution >= 0.6 is 22.9 Å². The first-order valence-corrected chi connectivity index (χ1v) is 12.0. The lowest BCUT2D eigenvalue weighted by Gasteiger charge is -2.35. The van der Waals surface area contributed by atoms with E-state index in [2.05, 4.69) is 23.1 Å². The first-order valence-electron chi connectivity index (χ1n) is 8.98. The Kier molecular flexibility index (Phi) is 6.77. The number of likely N-dealkylation sites (N-methyl/N-ethyl adjacent to an activating group) is 1. The van der Waals surface area contributed by atoms with E-state index in [-0.39, 0.29) is 12.5 Å². The molecule has 3 rings (SSSR count). The molecule has 9 heteroatoms. The SMILES string of the molecule is CN(CC(=O)N1CCN(Cc2ccc(-c3cccc(Cl)c3)s2)CC1)S(C)(=O)=O. The predicted molar refractivity (Wildman–Crippen MR) is 114 cm³/mol. The van der Waals surface area contributed by atoms with E-state index < -0.39 is 10.0 Å².